The quantitative estimate of drug-likeness (QED) is 0.294. The average Bonchev–Trinajstić information content (AvgIpc) is 2.73. The Bertz CT molecular complexity index is 1390. The van der Waals surface area contributed by atoms with E-state index in [4.69, 9.17) is 11.6 Å². The van der Waals surface area contributed by atoms with Crippen LogP contribution in [0.3, 0.4) is 0 Å². The SMILES string of the molecule is Cc1ccc(NC(=O)Cn2c3ccccc3c(=O)c3cc([N+](=O)[O-])ccc32)cc1Cl. The molecular weight excluding hydrogens is 406 g/mol. The number of non-ortho nitro benzene ring substituents is 1. The minimum atomic E-state index is -0.549. The standard InChI is InChI=1S/C22H16ClN3O4/c1-13-6-7-14(10-18(13)23)24-21(27)12-25-19-5-3-2-4-16(19)22(28)17-11-15(26(29)30)8-9-20(17)25/h2-11H,12H2,1H3,(H,24,27). The van der Waals surface area contributed by atoms with Gasteiger partial charge in [0, 0.05) is 28.2 Å². The van der Waals surface area contributed by atoms with E-state index in [-0.39, 0.29) is 29.0 Å². The van der Waals surface area contributed by atoms with Gasteiger partial charge in [-0.1, -0.05) is 29.8 Å². The van der Waals surface area contributed by atoms with Crippen LogP contribution < -0.4 is 10.7 Å². The van der Waals surface area contributed by atoms with E-state index >= 15 is 0 Å². The molecule has 0 bridgehead atoms. The van der Waals surface area contributed by atoms with E-state index in [9.17, 15) is 19.7 Å². The van der Waals surface area contributed by atoms with Crippen LogP contribution in [0.2, 0.25) is 5.02 Å². The molecule has 0 saturated heterocycles. The maximum atomic E-state index is 12.9. The summed E-state index contributed by atoms with van der Waals surface area (Å²) >= 11 is 6.13. The van der Waals surface area contributed by atoms with E-state index in [2.05, 4.69) is 5.32 Å². The fourth-order valence-electron chi connectivity index (χ4n) is 3.42. The monoisotopic (exact) mass is 421 g/mol. The van der Waals surface area contributed by atoms with E-state index in [0.717, 1.165) is 5.56 Å². The van der Waals surface area contributed by atoms with E-state index in [1.54, 1.807) is 47.0 Å². The molecule has 1 N–H and O–H groups in total. The Morgan fingerprint density at radius 1 is 1.07 bits per heavy atom. The Morgan fingerprint density at radius 3 is 2.53 bits per heavy atom. The summed E-state index contributed by atoms with van der Waals surface area (Å²) in [6, 6.07) is 16.2. The molecule has 3 aromatic carbocycles. The molecule has 30 heavy (non-hydrogen) atoms. The van der Waals surface area contributed by atoms with Crippen LogP contribution in [0.1, 0.15) is 5.56 Å². The van der Waals surface area contributed by atoms with Crippen molar-refractivity contribution in [1.82, 2.24) is 4.57 Å². The first-order valence-corrected chi connectivity index (χ1v) is 9.48. The molecule has 4 aromatic rings. The van der Waals surface area contributed by atoms with Gasteiger partial charge in [0.1, 0.15) is 6.54 Å². The normalized spacial score (nSPS) is 11.0. The largest absolute Gasteiger partial charge is 0.331 e. The lowest BCUT2D eigenvalue weighted by Gasteiger charge is -2.15. The van der Waals surface area contributed by atoms with Crippen molar-refractivity contribution in [3.8, 4) is 0 Å². The van der Waals surface area contributed by atoms with Crippen molar-refractivity contribution in [2.45, 2.75) is 13.5 Å². The second-order valence-electron chi connectivity index (χ2n) is 6.90. The zero-order valence-electron chi connectivity index (χ0n) is 15.9. The molecule has 0 saturated carbocycles. The third kappa shape index (κ3) is 3.51. The topological polar surface area (TPSA) is 94.2 Å². The summed E-state index contributed by atoms with van der Waals surface area (Å²) in [7, 11) is 0. The number of amides is 1. The number of nitro benzene ring substituents is 1. The molecule has 1 aromatic heterocycles. The molecule has 8 heteroatoms. The number of para-hydroxylation sites is 1. The zero-order chi connectivity index (χ0) is 21.4. The summed E-state index contributed by atoms with van der Waals surface area (Å²) in [6.45, 7) is 1.78. The van der Waals surface area contributed by atoms with Crippen LogP contribution in [0.15, 0.2) is 65.5 Å². The van der Waals surface area contributed by atoms with Crippen molar-refractivity contribution < 1.29 is 9.72 Å². The third-order valence-corrected chi connectivity index (χ3v) is 5.33. The van der Waals surface area contributed by atoms with Gasteiger partial charge in [0.2, 0.25) is 5.91 Å². The highest BCUT2D eigenvalue weighted by atomic mass is 35.5. The summed E-state index contributed by atoms with van der Waals surface area (Å²) < 4.78 is 1.68. The van der Waals surface area contributed by atoms with Crippen LogP contribution in [0.25, 0.3) is 21.8 Å². The van der Waals surface area contributed by atoms with Crippen LogP contribution in [0, 0.1) is 17.0 Å². The van der Waals surface area contributed by atoms with E-state index in [1.807, 2.05) is 6.92 Å². The molecule has 0 atom stereocenters. The summed E-state index contributed by atoms with van der Waals surface area (Å²) in [4.78, 5) is 36.3. The fraction of sp³-hybridized carbons (Fsp3) is 0.0909. The fourth-order valence-corrected chi connectivity index (χ4v) is 3.60. The molecule has 0 unspecified atom stereocenters. The molecule has 150 valence electrons. The van der Waals surface area contributed by atoms with Gasteiger partial charge in [0.25, 0.3) is 5.69 Å². The lowest BCUT2D eigenvalue weighted by molar-refractivity contribution is -0.384. The maximum Gasteiger partial charge on any atom is 0.270 e. The number of fused-ring (bicyclic) bond motifs is 2. The molecule has 0 radical (unpaired) electrons. The van der Waals surface area contributed by atoms with Gasteiger partial charge in [-0.15, -0.1) is 0 Å². The molecular formula is C22H16ClN3O4. The van der Waals surface area contributed by atoms with Gasteiger partial charge in [0.15, 0.2) is 5.43 Å². The number of pyridine rings is 1. The van der Waals surface area contributed by atoms with Gasteiger partial charge >= 0.3 is 0 Å². The number of rotatable bonds is 4. The van der Waals surface area contributed by atoms with E-state index < -0.39 is 4.92 Å². The number of aryl methyl sites for hydroxylation is 1. The van der Waals surface area contributed by atoms with Crippen molar-refractivity contribution >= 4 is 50.7 Å². The smallest absolute Gasteiger partial charge is 0.270 e. The Kier molecular flexibility index (Phi) is 4.97. The number of benzene rings is 3. The van der Waals surface area contributed by atoms with Gasteiger partial charge in [-0.2, -0.15) is 0 Å². The number of carbonyl (C=O) groups is 1. The average molecular weight is 422 g/mol. The molecule has 0 aliphatic heterocycles. The summed E-state index contributed by atoms with van der Waals surface area (Å²) in [6.07, 6.45) is 0. The highest BCUT2D eigenvalue weighted by Crippen LogP contribution is 2.24. The highest BCUT2D eigenvalue weighted by molar-refractivity contribution is 6.31. The van der Waals surface area contributed by atoms with E-state index in [0.29, 0.717) is 27.1 Å². The van der Waals surface area contributed by atoms with Crippen LogP contribution in [0.5, 0.6) is 0 Å². The van der Waals surface area contributed by atoms with Gasteiger partial charge in [-0.3, -0.25) is 19.7 Å². The van der Waals surface area contributed by atoms with Crippen LogP contribution >= 0.6 is 11.6 Å². The molecule has 1 heterocycles. The van der Waals surface area contributed by atoms with Gasteiger partial charge < -0.3 is 9.88 Å². The van der Waals surface area contributed by atoms with Crippen LogP contribution in [0.4, 0.5) is 11.4 Å². The van der Waals surface area contributed by atoms with Crippen molar-refractivity contribution in [3.05, 3.63) is 91.6 Å². The minimum absolute atomic E-state index is 0.0827. The highest BCUT2D eigenvalue weighted by Gasteiger charge is 2.16. The van der Waals surface area contributed by atoms with Gasteiger partial charge in [-0.05, 0) is 42.8 Å². The van der Waals surface area contributed by atoms with Crippen LogP contribution in [-0.2, 0) is 11.3 Å². The van der Waals surface area contributed by atoms with Crippen molar-refractivity contribution in [1.29, 1.82) is 0 Å². The Morgan fingerprint density at radius 2 is 1.80 bits per heavy atom. The Hall–Kier alpha value is -3.71. The summed E-state index contributed by atoms with van der Waals surface area (Å²) in [5.74, 6) is -0.316. The maximum absolute atomic E-state index is 12.9. The molecule has 0 aliphatic rings. The number of nitro groups is 1. The number of nitrogens with one attached hydrogen (secondary N) is 1. The first-order chi connectivity index (χ1) is 14.3. The number of carbonyl (C=O) groups excluding carboxylic acids is 1. The molecule has 0 spiro atoms. The lowest BCUT2D eigenvalue weighted by atomic mass is 10.1. The second kappa shape index (κ2) is 7.61. The summed E-state index contributed by atoms with van der Waals surface area (Å²) in [5, 5.41) is 15.1. The number of anilines is 1. The van der Waals surface area contributed by atoms with E-state index in [1.165, 1.54) is 18.2 Å². The molecule has 1 amide bonds. The number of halogens is 1. The second-order valence-corrected chi connectivity index (χ2v) is 7.31. The lowest BCUT2D eigenvalue weighted by Crippen LogP contribution is -2.21. The van der Waals surface area contributed by atoms with Gasteiger partial charge in [-0.25, -0.2) is 0 Å². The number of hydrogen-bond donors (Lipinski definition) is 1. The first kappa shape index (κ1) is 19.6. The molecule has 4 rings (SSSR count). The minimum Gasteiger partial charge on any atom is -0.331 e. The first-order valence-electron chi connectivity index (χ1n) is 9.11. The van der Waals surface area contributed by atoms with Crippen LogP contribution in [-0.4, -0.2) is 15.4 Å². The summed E-state index contributed by atoms with van der Waals surface area (Å²) in [5.41, 5.74) is 1.98. The number of hydrogen-bond acceptors (Lipinski definition) is 4. The predicted octanol–water partition coefficient (Wildman–Crippen LogP) is 4.66. The van der Waals surface area contributed by atoms with Crippen molar-refractivity contribution in [2.75, 3.05) is 5.32 Å². The zero-order valence-corrected chi connectivity index (χ0v) is 16.6. The van der Waals surface area contributed by atoms with Crippen molar-refractivity contribution in [3.63, 3.8) is 0 Å². The number of nitrogens with zero attached hydrogens (tertiary/aromatic N) is 2. The number of aromatic nitrogens is 1. The van der Waals surface area contributed by atoms with Crippen molar-refractivity contribution in [2.24, 2.45) is 0 Å². The third-order valence-electron chi connectivity index (χ3n) is 4.92. The molecule has 0 fully saturated rings. The molecule has 7 nitrogen and oxygen atoms in total. The molecule has 0 aliphatic carbocycles. The van der Waals surface area contributed by atoms with Gasteiger partial charge in [0.05, 0.1) is 21.3 Å². The Balaban J connectivity index is 1.82. The predicted molar refractivity (Wildman–Crippen MR) is 117 cm³/mol. The Labute approximate surface area is 175 Å².